The van der Waals surface area contributed by atoms with Crippen LogP contribution in [0.5, 0.6) is 0 Å². The lowest BCUT2D eigenvalue weighted by Gasteiger charge is -2.46. The number of phosphoric acid groups is 1. The van der Waals surface area contributed by atoms with E-state index in [2.05, 4.69) is 0 Å². The van der Waals surface area contributed by atoms with Crippen LogP contribution in [-0.2, 0) is 68.3 Å². The van der Waals surface area contributed by atoms with Crippen molar-refractivity contribution in [3.8, 4) is 0 Å². The van der Waals surface area contributed by atoms with Gasteiger partial charge in [0.2, 0.25) is 6.29 Å². The Morgan fingerprint density at radius 1 is 0.620 bits per heavy atom. The second-order valence-electron chi connectivity index (χ2n) is 13.2. The first-order valence-electron chi connectivity index (χ1n) is 17.0. The highest BCUT2D eigenvalue weighted by atomic mass is 31.2. The molecule has 1 saturated heterocycles. The molecule has 9 nitrogen and oxygen atoms in total. The molecule has 0 N–H and O–H groups in total. The Morgan fingerprint density at radius 3 is 1.42 bits per heavy atom. The molecule has 1 aliphatic rings. The van der Waals surface area contributed by atoms with Crippen molar-refractivity contribution in [3.63, 3.8) is 0 Å². The maximum atomic E-state index is 14.6. The van der Waals surface area contributed by atoms with E-state index in [0.717, 1.165) is 22.3 Å². The van der Waals surface area contributed by atoms with Gasteiger partial charge >= 0.3 is 13.8 Å². The number of hydrogen-bond donors (Lipinski definition) is 0. The zero-order chi connectivity index (χ0) is 35.4. The van der Waals surface area contributed by atoms with Gasteiger partial charge in [-0.25, -0.2) is 4.57 Å². The molecule has 4 aromatic carbocycles. The van der Waals surface area contributed by atoms with Gasteiger partial charge in [0.25, 0.3) is 0 Å². The highest BCUT2D eigenvalue weighted by Crippen LogP contribution is 2.54. The average molecular weight is 703 g/mol. The molecule has 0 aromatic heterocycles. The molecule has 10 heteroatoms. The quantitative estimate of drug-likeness (QED) is 0.0838. The third-order valence-corrected chi connectivity index (χ3v) is 9.47. The second-order valence-corrected chi connectivity index (χ2v) is 14.8. The van der Waals surface area contributed by atoms with Gasteiger partial charge in [-0.15, -0.1) is 0 Å². The van der Waals surface area contributed by atoms with E-state index in [1.807, 2.05) is 128 Å². The minimum Gasteiger partial charge on any atom is -0.454 e. The fraction of sp³-hybridized carbons (Fsp3) is 0.375. The van der Waals surface area contributed by atoms with E-state index in [4.69, 9.17) is 32.5 Å². The van der Waals surface area contributed by atoms with Crippen LogP contribution >= 0.6 is 7.82 Å². The van der Waals surface area contributed by atoms with E-state index in [-0.39, 0.29) is 26.4 Å². The summed E-state index contributed by atoms with van der Waals surface area (Å²) in [7, 11) is -4.38. The topological polar surface area (TPSA) is 98.8 Å². The van der Waals surface area contributed by atoms with Crippen LogP contribution in [0, 0.1) is 5.41 Å². The molecule has 5 atom stereocenters. The molecule has 4 aromatic rings. The standard InChI is InChI=1S/C40H47O9P/c1-5-34-35(43-26-30-18-10-6-11-19-30)36(44-27-31-20-12-7-13-21-31)37(48-39(41)40(2,3)4)38(47-34)49-50(42,45-28-32-22-14-8-15-23-32)46-29-33-24-16-9-17-25-33/h6-25,34-38H,5,26-29H2,1-4H3/t34?,35-,36?,37-,38?/m0/s1. The monoisotopic (exact) mass is 702 g/mol. The van der Waals surface area contributed by atoms with Gasteiger partial charge in [0.05, 0.1) is 37.9 Å². The molecule has 50 heavy (non-hydrogen) atoms. The largest absolute Gasteiger partial charge is 0.477 e. The van der Waals surface area contributed by atoms with Crippen molar-refractivity contribution in [2.75, 3.05) is 0 Å². The Hall–Kier alpha value is -3.66. The van der Waals surface area contributed by atoms with E-state index in [9.17, 15) is 9.36 Å². The predicted molar refractivity (Wildman–Crippen MR) is 189 cm³/mol. The van der Waals surface area contributed by atoms with Crippen molar-refractivity contribution in [2.45, 2.75) is 91.2 Å². The van der Waals surface area contributed by atoms with Gasteiger partial charge in [0.1, 0.15) is 12.2 Å². The molecule has 1 fully saturated rings. The van der Waals surface area contributed by atoms with Gasteiger partial charge < -0.3 is 18.9 Å². The summed E-state index contributed by atoms with van der Waals surface area (Å²) >= 11 is 0. The fourth-order valence-corrected chi connectivity index (χ4v) is 6.56. The molecule has 0 amide bonds. The minimum absolute atomic E-state index is 0.0555. The average Bonchev–Trinajstić information content (AvgIpc) is 3.14. The summed E-state index contributed by atoms with van der Waals surface area (Å²) in [6.07, 6.45) is -4.26. The summed E-state index contributed by atoms with van der Waals surface area (Å²) in [5.41, 5.74) is 2.53. The first-order valence-corrected chi connectivity index (χ1v) is 18.4. The van der Waals surface area contributed by atoms with Crippen molar-refractivity contribution in [1.82, 2.24) is 0 Å². The zero-order valence-corrected chi connectivity index (χ0v) is 30.0. The van der Waals surface area contributed by atoms with Crippen LogP contribution in [0.25, 0.3) is 0 Å². The van der Waals surface area contributed by atoms with Crippen LogP contribution < -0.4 is 0 Å². The summed E-state index contributed by atoms with van der Waals surface area (Å²) in [6, 6.07) is 38.0. The normalized spacial score (nSPS) is 21.1. The number of carbonyl (C=O) groups excluding carboxylic acids is 1. The van der Waals surface area contributed by atoms with Gasteiger partial charge in [-0.05, 0) is 49.4 Å². The molecule has 0 saturated carbocycles. The number of rotatable bonds is 16. The summed E-state index contributed by atoms with van der Waals surface area (Å²) in [5.74, 6) is -0.519. The Labute approximate surface area is 295 Å². The van der Waals surface area contributed by atoms with Gasteiger partial charge in [-0.1, -0.05) is 128 Å². The van der Waals surface area contributed by atoms with Crippen molar-refractivity contribution in [1.29, 1.82) is 0 Å². The van der Waals surface area contributed by atoms with Crippen molar-refractivity contribution in [2.24, 2.45) is 5.41 Å². The molecule has 0 radical (unpaired) electrons. The fourth-order valence-electron chi connectivity index (χ4n) is 5.32. The molecular weight excluding hydrogens is 655 g/mol. The Kier molecular flexibility index (Phi) is 13.5. The lowest BCUT2D eigenvalue weighted by atomic mass is 9.94. The molecule has 0 bridgehead atoms. The van der Waals surface area contributed by atoms with E-state index in [0.29, 0.717) is 6.42 Å². The van der Waals surface area contributed by atoms with E-state index < -0.39 is 49.9 Å². The van der Waals surface area contributed by atoms with Crippen molar-refractivity contribution >= 4 is 13.8 Å². The van der Waals surface area contributed by atoms with Gasteiger partial charge in [0.15, 0.2) is 6.10 Å². The molecule has 5 rings (SSSR count). The predicted octanol–water partition coefficient (Wildman–Crippen LogP) is 8.81. The van der Waals surface area contributed by atoms with Gasteiger partial charge in [-0.3, -0.25) is 18.4 Å². The molecule has 0 spiro atoms. The zero-order valence-electron chi connectivity index (χ0n) is 29.1. The van der Waals surface area contributed by atoms with Crippen LogP contribution in [-0.4, -0.2) is 36.7 Å². The van der Waals surface area contributed by atoms with Gasteiger partial charge in [0, 0.05) is 0 Å². The Bertz CT molecular complexity index is 1580. The van der Waals surface area contributed by atoms with E-state index in [1.165, 1.54) is 0 Å². The third kappa shape index (κ3) is 10.9. The molecular formula is C40H47O9P. The first kappa shape index (κ1) is 37.6. The van der Waals surface area contributed by atoms with E-state index in [1.54, 1.807) is 20.8 Å². The third-order valence-electron chi connectivity index (χ3n) is 8.12. The maximum absolute atomic E-state index is 14.6. The Morgan fingerprint density at radius 2 is 1.02 bits per heavy atom. The van der Waals surface area contributed by atoms with Crippen LogP contribution in [0.15, 0.2) is 121 Å². The summed E-state index contributed by atoms with van der Waals surface area (Å²) < 4.78 is 58.5. The van der Waals surface area contributed by atoms with Crippen molar-refractivity contribution in [3.05, 3.63) is 144 Å². The lowest BCUT2D eigenvalue weighted by Crippen LogP contribution is -2.61. The number of ether oxygens (including phenoxy) is 4. The summed E-state index contributed by atoms with van der Waals surface area (Å²) in [4.78, 5) is 13.6. The molecule has 1 heterocycles. The number of hydrogen-bond acceptors (Lipinski definition) is 9. The summed E-state index contributed by atoms with van der Waals surface area (Å²) in [5, 5.41) is 0. The van der Waals surface area contributed by atoms with Crippen LogP contribution in [0.4, 0.5) is 0 Å². The molecule has 266 valence electrons. The second kappa shape index (κ2) is 18.0. The smallest absolute Gasteiger partial charge is 0.454 e. The number of carbonyl (C=O) groups is 1. The number of phosphoric ester groups is 1. The summed E-state index contributed by atoms with van der Waals surface area (Å²) in [6.45, 7) is 7.56. The van der Waals surface area contributed by atoms with Crippen LogP contribution in [0.1, 0.15) is 56.4 Å². The Balaban J connectivity index is 1.49. The number of esters is 1. The SMILES string of the molecule is CCC1OC(OP(=O)(OCc2ccccc2)OCc2ccccc2)[C@@H](OC(=O)C(C)(C)C)C(OCc2ccccc2)[C@H]1OCc1ccccc1. The van der Waals surface area contributed by atoms with Gasteiger partial charge in [-0.2, -0.15) is 0 Å². The molecule has 1 aliphatic heterocycles. The van der Waals surface area contributed by atoms with Crippen LogP contribution in [0.2, 0.25) is 0 Å². The highest BCUT2D eigenvalue weighted by molar-refractivity contribution is 7.48. The minimum atomic E-state index is -4.38. The molecule has 0 aliphatic carbocycles. The van der Waals surface area contributed by atoms with Crippen LogP contribution in [0.3, 0.4) is 0 Å². The van der Waals surface area contributed by atoms with E-state index >= 15 is 0 Å². The highest BCUT2D eigenvalue weighted by Gasteiger charge is 2.53. The molecule has 3 unspecified atom stereocenters. The number of benzene rings is 4. The first-order chi connectivity index (χ1) is 24.1. The van der Waals surface area contributed by atoms with Crippen molar-refractivity contribution < 1.29 is 41.9 Å². The lowest BCUT2D eigenvalue weighted by molar-refractivity contribution is -0.301. The maximum Gasteiger partial charge on any atom is 0.477 e.